The van der Waals surface area contributed by atoms with Crippen molar-refractivity contribution in [2.24, 2.45) is 0 Å². The fourth-order valence-electron chi connectivity index (χ4n) is 1.26. The summed E-state index contributed by atoms with van der Waals surface area (Å²) in [4.78, 5) is 10.1. The first kappa shape index (κ1) is 12.3. The standard InChI is InChI=1S/C13H16O3/c1-3-11-5-7-13(8-6-11)16-12(4-2)9-15-10-14/h3,5-8,10,12H,1,4,9H2,2H3. The maximum Gasteiger partial charge on any atom is 0.293 e. The van der Waals surface area contributed by atoms with E-state index in [9.17, 15) is 4.79 Å². The van der Waals surface area contributed by atoms with E-state index in [0.29, 0.717) is 6.47 Å². The molecule has 0 spiro atoms. The van der Waals surface area contributed by atoms with E-state index in [1.165, 1.54) is 0 Å². The third kappa shape index (κ3) is 3.77. The predicted octanol–water partition coefficient (Wildman–Crippen LogP) is 2.66. The number of carbonyl (C=O) groups is 1. The van der Waals surface area contributed by atoms with Gasteiger partial charge in [-0.3, -0.25) is 4.79 Å². The van der Waals surface area contributed by atoms with Gasteiger partial charge in [0.15, 0.2) is 0 Å². The lowest BCUT2D eigenvalue weighted by Crippen LogP contribution is -2.21. The second-order valence-electron chi connectivity index (χ2n) is 3.35. The van der Waals surface area contributed by atoms with Gasteiger partial charge < -0.3 is 9.47 Å². The summed E-state index contributed by atoms with van der Waals surface area (Å²) in [5.74, 6) is 0.770. The van der Waals surface area contributed by atoms with Crippen molar-refractivity contribution in [1.82, 2.24) is 0 Å². The maximum absolute atomic E-state index is 10.1. The van der Waals surface area contributed by atoms with Gasteiger partial charge in [-0.2, -0.15) is 0 Å². The van der Waals surface area contributed by atoms with Crippen LogP contribution in [-0.2, 0) is 9.53 Å². The first-order chi connectivity index (χ1) is 7.80. The van der Waals surface area contributed by atoms with Crippen molar-refractivity contribution in [2.75, 3.05) is 6.61 Å². The van der Waals surface area contributed by atoms with E-state index in [1.807, 2.05) is 31.2 Å². The molecule has 0 saturated carbocycles. The summed E-state index contributed by atoms with van der Waals surface area (Å²) in [6.45, 7) is 6.38. The van der Waals surface area contributed by atoms with Crippen LogP contribution < -0.4 is 4.74 Å². The summed E-state index contributed by atoms with van der Waals surface area (Å²) in [7, 11) is 0. The van der Waals surface area contributed by atoms with Gasteiger partial charge in [0, 0.05) is 0 Å². The van der Waals surface area contributed by atoms with Gasteiger partial charge in [-0.25, -0.2) is 0 Å². The molecule has 0 heterocycles. The molecule has 1 aromatic rings. The summed E-state index contributed by atoms with van der Waals surface area (Å²) in [6, 6.07) is 7.60. The lowest BCUT2D eigenvalue weighted by Gasteiger charge is -2.16. The van der Waals surface area contributed by atoms with Gasteiger partial charge in [-0.05, 0) is 24.1 Å². The molecule has 0 radical (unpaired) electrons. The molecule has 3 nitrogen and oxygen atoms in total. The molecule has 0 fully saturated rings. The molecule has 16 heavy (non-hydrogen) atoms. The van der Waals surface area contributed by atoms with E-state index in [1.54, 1.807) is 6.08 Å². The van der Waals surface area contributed by atoms with Gasteiger partial charge in [-0.15, -0.1) is 0 Å². The molecule has 0 aliphatic carbocycles. The van der Waals surface area contributed by atoms with Crippen LogP contribution in [0.2, 0.25) is 0 Å². The van der Waals surface area contributed by atoms with Crippen molar-refractivity contribution in [2.45, 2.75) is 19.4 Å². The molecule has 0 N–H and O–H groups in total. The molecule has 0 aliphatic heterocycles. The van der Waals surface area contributed by atoms with Gasteiger partial charge in [0.2, 0.25) is 0 Å². The number of hydrogen-bond donors (Lipinski definition) is 0. The van der Waals surface area contributed by atoms with Crippen LogP contribution in [0.15, 0.2) is 30.8 Å². The van der Waals surface area contributed by atoms with Gasteiger partial charge in [0.05, 0.1) is 0 Å². The predicted molar refractivity (Wildman–Crippen MR) is 63.3 cm³/mol. The topological polar surface area (TPSA) is 35.5 Å². The highest BCUT2D eigenvalue weighted by atomic mass is 16.6. The fourth-order valence-corrected chi connectivity index (χ4v) is 1.26. The first-order valence-electron chi connectivity index (χ1n) is 5.24. The Bertz CT molecular complexity index is 330. The zero-order chi connectivity index (χ0) is 11.8. The first-order valence-corrected chi connectivity index (χ1v) is 5.24. The van der Waals surface area contributed by atoms with Gasteiger partial charge in [0.1, 0.15) is 18.5 Å². The second-order valence-corrected chi connectivity index (χ2v) is 3.35. The molecule has 0 saturated heterocycles. The smallest absolute Gasteiger partial charge is 0.293 e. The minimum absolute atomic E-state index is 0.0974. The molecule has 0 aliphatic rings. The molecule has 1 aromatic carbocycles. The van der Waals surface area contributed by atoms with Crippen LogP contribution in [0.5, 0.6) is 5.75 Å². The Morgan fingerprint density at radius 1 is 1.38 bits per heavy atom. The minimum Gasteiger partial charge on any atom is -0.487 e. The zero-order valence-electron chi connectivity index (χ0n) is 9.39. The van der Waals surface area contributed by atoms with Crippen LogP contribution >= 0.6 is 0 Å². The average Bonchev–Trinajstić information content (AvgIpc) is 2.35. The minimum atomic E-state index is -0.0974. The highest BCUT2D eigenvalue weighted by Gasteiger charge is 2.08. The molecule has 1 rings (SSSR count). The Morgan fingerprint density at radius 3 is 2.56 bits per heavy atom. The molecule has 86 valence electrons. The molecule has 0 aromatic heterocycles. The summed E-state index contributed by atoms with van der Waals surface area (Å²) >= 11 is 0. The zero-order valence-corrected chi connectivity index (χ0v) is 9.39. The largest absolute Gasteiger partial charge is 0.487 e. The van der Waals surface area contributed by atoms with E-state index in [-0.39, 0.29) is 12.7 Å². The van der Waals surface area contributed by atoms with E-state index < -0.39 is 0 Å². The monoisotopic (exact) mass is 220 g/mol. The highest BCUT2D eigenvalue weighted by molar-refractivity contribution is 5.48. The Hall–Kier alpha value is -1.77. The van der Waals surface area contributed by atoms with Gasteiger partial charge >= 0.3 is 0 Å². The molecule has 0 amide bonds. The Kier molecular flexibility index (Phi) is 5.12. The van der Waals surface area contributed by atoms with E-state index >= 15 is 0 Å². The molecule has 0 bridgehead atoms. The summed E-state index contributed by atoms with van der Waals surface area (Å²) in [5.41, 5.74) is 1.05. The van der Waals surface area contributed by atoms with Crippen molar-refractivity contribution >= 4 is 12.5 Å². The third-order valence-corrected chi connectivity index (χ3v) is 2.22. The Labute approximate surface area is 95.7 Å². The number of carbonyl (C=O) groups excluding carboxylic acids is 1. The van der Waals surface area contributed by atoms with Crippen LogP contribution in [-0.4, -0.2) is 19.2 Å². The molecular weight excluding hydrogens is 204 g/mol. The van der Waals surface area contributed by atoms with Crippen LogP contribution in [0.3, 0.4) is 0 Å². The van der Waals surface area contributed by atoms with Gasteiger partial charge in [-0.1, -0.05) is 31.7 Å². The van der Waals surface area contributed by atoms with Gasteiger partial charge in [0.25, 0.3) is 6.47 Å². The summed E-state index contributed by atoms with van der Waals surface area (Å²) in [6.07, 6.45) is 2.47. The van der Waals surface area contributed by atoms with E-state index in [2.05, 4.69) is 11.3 Å². The van der Waals surface area contributed by atoms with E-state index in [0.717, 1.165) is 17.7 Å². The van der Waals surface area contributed by atoms with Crippen molar-refractivity contribution in [3.8, 4) is 5.75 Å². The molecule has 1 atom stereocenters. The number of ether oxygens (including phenoxy) is 2. The highest BCUT2D eigenvalue weighted by Crippen LogP contribution is 2.15. The Morgan fingerprint density at radius 2 is 2.06 bits per heavy atom. The fraction of sp³-hybridized carbons (Fsp3) is 0.308. The lowest BCUT2D eigenvalue weighted by molar-refractivity contribution is -0.131. The second kappa shape index (κ2) is 6.67. The molecule has 3 heteroatoms. The normalized spacial score (nSPS) is 11.6. The van der Waals surface area contributed by atoms with Crippen molar-refractivity contribution < 1.29 is 14.3 Å². The molecular formula is C13H16O3. The van der Waals surface area contributed by atoms with Crippen LogP contribution in [0, 0.1) is 0 Å². The molecule has 1 unspecified atom stereocenters. The number of rotatable bonds is 7. The SMILES string of the molecule is C=Cc1ccc(OC(CC)COC=O)cc1. The quantitative estimate of drug-likeness (QED) is 0.663. The third-order valence-electron chi connectivity index (χ3n) is 2.22. The van der Waals surface area contributed by atoms with Crippen LogP contribution in [0.25, 0.3) is 6.08 Å². The van der Waals surface area contributed by atoms with Crippen molar-refractivity contribution in [3.63, 3.8) is 0 Å². The number of benzene rings is 1. The average molecular weight is 220 g/mol. The van der Waals surface area contributed by atoms with Crippen LogP contribution in [0.4, 0.5) is 0 Å². The Balaban J connectivity index is 2.55. The van der Waals surface area contributed by atoms with Crippen LogP contribution in [0.1, 0.15) is 18.9 Å². The lowest BCUT2D eigenvalue weighted by atomic mass is 10.2. The summed E-state index contributed by atoms with van der Waals surface area (Å²) < 4.78 is 10.3. The van der Waals surface area contributed by atoms with Crippen molar-refractivity contribution in [3.05, 3.63) is 36.4 Å². The summed E-state index contributed by atoms with van der Waals surface area (Å²) in [5, 5.41) is 0. The number of hydrogen-bond acceptors (Lipinski definition) is 3. The van der Waals surface area contributed by atoms with Crippen molar-refractivity contribution in [1.29, 1.82) is 0 Å². The maximum atomic E-state index is 10.1. The van der Waals surface area contributed by atoms with E-state index in [4.69, 9.17) is 4.74 Å².